The van der Waals surface area contributed by atoms with Crippen LogP contribution < -0.4 is 5.73 Å². The van der Waals surface area contributed by atoms with Crippen LogP contribution in [0.5, 0.6) is 0 Å². The molecule has 3 nitrogen and oxygen atoms in total. The minimum absolute atomic E-state index is 0. The highest BCUT2D eigenvalue weighted by Crippen LogP contribution is 2.39. The SMILES string of the molecule is CC1CCC(C)N1C(=O)CC1(CN)CCCCC1.Cl. The smallest absolute Gasteiger partial charge is 0.223 e. The molecule has 1 aliphatic carbocycles. The average molecular weight is 289 g/mol. The number of rotatable bonds is 3. The van der Waals surface area contributed by atoms with Crippen molar-refractivity contribution < 1.29 is 4.79 Å². The third-order valence-corrected chi connectivity index (χ3v) is 5.11. The van der Waals surface area contributed by atoms with Crippen molar-refractivity contribution in [3.8, 4) is 0 Å². The van der Waals surface area contributed by atoms with Crippen LogP contribution in [0.15, 0.2) is 0 Å². The normalized spacial score (nSPS) is 29.9. The van der Waals surface area contributed by atoms with Crippen molar-refractivity contribution in [1.29, 1.82) is 0 Å². The minimum Gasteiger partial charge on any atom is -0.337 e. The van der Waals surface area contributed by atoms with Gasteiger partial charge in [-0.15, -0.1) is 12.4 Å². The molecule has 0 bridgehead atoms. The predicted octanol–water partition coefficient (Wildman–Crippen LogP) is 3.11. The molecule has 112 valence electrons. The van der Waals surface area contributed by atoms with Crippen LogP contribution in [0.3, 0.4) is 0 Å². The van der Waals surface area contributed by atoms with Crippen LogP contribution in [0.1, 0.15) is 65.2 Å². The molecular weight excluding hydrogens is 260 g/mol. The van der Waals surface area contributed by atoms with E-state index < -0.39 is 0 Å². The summed E-state index contributed by atoms with van der Waals surface area (Å²) in [6, 6.07) is 0.844. The fourth-order valence-corrected chi connectivity index (χ4v) is 3.85. The van der Waals surface area contributed by atoms with E-state index in [1.165, 1.54) is 19.3 Å². The molecule has 0 radical (unpaired) electrons. The Bertz CT molecular complexity index is 293. The first kappa shape index (κ1) is 16.8. The van der Waals surface area contributed by atoms with Crippen molar-refractivity contribution in [2.24, 2.45) is 11.1 Å². The molecule has 0 aromatic carbocycles. The van der Waals surface area contributed by atoms with Crippen molar-refractivity contribution in [3.05, 3.63) is 0 Å². The van der Waals surface area contributed by atoms with E-state index in [4.69, 9.17) is 5.73 Å². The molecule has 1 aliphatic heterocycles. The van der Waals surface area contributed by atoms with Crippen molar-refractivity contribution in [2.45, 2.75) is 77.3 Å². The molecule has 19 heavy (non-hydrogen) atoms. The van der Waals surface area contributed by atoms with Crippen molar-refractivity contribution in [2.75, 3.05) is 6.54 Å². The number of amides is 1. The average Bonchev–Trinajstić information content (AvgIpc) is 2.70. The van der Waals surface area contributed by atoms with Crippen molar-refractivity contribution in [3.63, 3.8) is 0 Å². The lowest BCUT2D eigenvalue weighted by Gasteiger charge is -2.38. The number of nitrogens with zero attached hydrogens (tertiary/aromatic N) is 1. The maximum Gasteiger partial charge on any atom is 0.223 e. The van der Waals surface area contributed by atoms with E-state index in [-0.39, 0.29) is 17.8 Å². The number of halogens is 1. The first-order valence-corrected chi connectivity index (χ1v) is 7.59. The fraction of sp³-hybridized carbons (Fsp3) is 0.933. The molecule has 2 fully saturated rings. The van der Waals surface area contributed by atoms with Crippen LogP contribution in [0.2, 0.25) is 0 Å². The molecule has 1 saturated carbocycles. The van der Waals surface area contributed by atoms with Crippen LogP contribution in [0.4, 0.5) is 0 Å². The zero-order valence-corrected chi connectivity index (χ0v) is 13.2. The molecule has 2 N–H and O–H groups in total. The monoisotopic (exact) mass is 288 g/mol. The summed E-state index contributed by atoms with van der Waals surface area (Å²) in [6.45, 7) is 5.03. The van der Waals surface area contributed by atoms with Gasteiger partial charge in [0.1, 0.15) is 0 Å². The third-order valence-electron chi connectivity index (χ3n) is 5.11. The first-order chi connectivity index (χ1) is 8.58. The summed E-state index contributed by atoms with van der Waals surface area (Å²) in [6.07, 6.45) is 9.08. The van der Waals surface area contributed by atoms with Gasteiger partial charge in [-0.25, -0.2) is 0 Å². The molecule has 4 heteroatoms. The summed E-state index contributed by atoms with van der Waals surface area (Å²) < 4.78 is 0. The highest BCUT2D eigenvalue weighted by Gasteiger charge is 2.38. The van der Waals surface area contributed by atoms with Gasteiger partial charge in [0.25, 0.3) is 0 Å². The number of carbonyl (C=O) groups is 1. The Kier molecular flexibility index (Phi) is 6.13. The Balaban J connectivity index is 0.00000180. The highest BCUT2D eigenvalue weighted by molar-refractivity contribution is 5.85. The molecule has 0 spiro atoms. The topological polar surface area (TPSA) is 46.3 Å². The molecular formula is C15H29ClN2O. The van der Waals surface area contributed by atoms with Crippen LogP contribution in [-0.4, -0.2) is 29.4 Å². The van der Waals surface area contributed by atoms with Gasteiger partial charge in [0.2, 0.25) is 5.91 Å². The lowest BCUT2D eigenvalue weighted by molar-refractivity contribution is -0.136. The third kappa shape index (κ3) is 3.63. The Morgan fingerprint density at radius 3 is 2.16 bits per heavy atom. The number of nitrogens with two attached hydrogens (primary N) is 1. The summed E-state index contributed by atoms with van der Waals surface area (Å²) >= 11 is 0. The van der Waals surface area contributed by atoms with E-state index in [0.29, 0.717) is 31.0 Å². The minimum atomic E-state index is 0. The number of likely N-dealkylation sites (tertiary alicyclic amines) is 1. The van der Waals surface area contributed by atoms with E-state index in [2.05, 4.69) is 18.7 Å². The number of hydrogen-bond donors (Lipinski definition) is 1. The van der Waals surface area contributed by atoms with Gasteiger partial charge in [0, 0.05) is 18.5 Å². The standard InChI is InChI=1S/C15H28N2O.ClH/c1-12-6-7-13(2)17(12)14(18)10-15(11-16)8-4-3-5-9-15;/h12-13H,3-11,16H2,1-2H3;1H. The van der Waals surface area contributed by atoms with E-state index in [1.807, 2.05) is 0 Å². The Labute approximate surface area is 123 Å². The van der Waals surface area contributed by atoms with Crippen LogP contribution >= 0.6 is 12.4 Å². The van der Waals surface area contributed by atoms with Gasteiger partial charge in [-0.05, 0) is 51.5 Å². The molecule has 1 amide bonds. The van der Waals surface area contributed by atoms with E-state index in [9.17, 15) is 4.79 Å². The maximum absolute atomic E-state index is 12.6. The van der Waals surface area contributed by atoms with Crippen LogP contribution in [0, 0.1) is 5.41 Å². The fourth-order valence-electron chi connectivity index (χ4n) is 3.85. The summed E-state index contributed by atoms with van der Waals surface area (Å²) in [5.74, 6) is 0.347. The second-order valence-corrected chi connectivity index (χ2v) is 6.52. The first-order valence-electron chi connectivity index (χ1n) is 7.59. The number of carbonyl (C=O) groups excluding carboxylic acids is 1. The van der Waals surface area contributed by atoms with Gasteiger partial charge in [-0.1, -0.05) is 19.3 Å². The molecule has 0 aromatic rings. The second-order valence-electron chi connectivity index (χ2n) is 6.52. The summed E-state index contributed by atoms with van der Waals surface area (Å²) in [7, 11) is 0. The molecule has 1 saturated heterocycles. The zero-order valence-electron chi connectivity index (χ0n) is 12.4. The van der Waals surface area contributed by atoms with Gasteiger partial charge in [0.05, 0.1) is 0 Å². The molecule has 2 aliphatic rings. The lowest BCUT2D eigenvalue weighted by Crippen LogP contribution is -2.44. The van der Waals surface area contributed by atoms with Crippen molar-refractivity contribution >= 4 is 18.3 Å². The van der Waals surface area contributed by atoms with Gasteiger partial charge < -0.3 is 10.6 Å². The summed E-state index contributed by atoms with van der Waals surface area (Å²) in [5, 5.41) is 0. The Morgan fingerprint density at radius 1 is 1.16 bits per heavy atom. The molecule has 2 unspecified atom stereocenters. The van der Waals surface area contributed by atoms with Crippen molar-refractivity contribution in [1.82, 2.24) is 4.90 Å². The largest absolute Gasteiger partial charge is 0.337 e. The Hall–Kier alpha value is -0.280. The maximum atomic E-state index is 12.6. The predicted molar refractivity (Wildman–Crippen MR) is 81.4 cm³/mol. The van der Waals surface area contributed by atoms with E-state index >= 15 is 0 Å². The van der Waals surface area contributed by atoms with E-state index in [1.54, 1.807) is 0 Å². The molecule has 0 aromatic heterocycles. The molecule has 2 rings (SSSR count). The highest BCUT2D eigenvalue weighted by atomic mass is 35.5. The van der Waals surface area contributed by atoms with Gasteiger partial charge in [-0.2, -0.15) is 0 Å². The van der Waals surface area contributed by atoms with E-state index in [0.717, 1.165) is 25.7 Å². The quantitative estimate of drug-likeness (QED) is 0.867. The van der Waals surface area contributed by atoms with Gasteiger partial charge in [-0.3, -0.25) is 4.79 Å². The number of hydrogen-bond acceptors (Lipinski definition) is 2. The lowest BCUT2D eigenvalue weighted by atomic mass is 9.71. The summed E-state index contributed by atoms with van der Waals surface area (Å²) in [5.41, 5.74) is 6.09. The van der Waals surface area contributed by atoms with Gasteiger partial charge in [0.15, 0.2) is 0 Å². The van der Waals surface area contributed by atoms with Crippen LogP contribution in [0.25, 0.3) is 0 Å². The molecule has 1 heterocycles. The van der Waals surface area contributed by atoms with Crippen LogP contribution in [-0.2, 0) is 4.79 Å². The second kappa shape index (κ2) is 6.94. The zero-order chi connectivity index (χ0) is 13.2. The molecule has 2 atom stereocenters. The van der Waals surface area contributed by atoms with Gasteiger partial charge >= 0.3 is 0 Å². The Morgan fingerprint density at radius 2 is 1.68 bits per heavy atom. The summed E-state index contributed by atoms with van der Waals surface area (Å²) in [4.78, 5) is 14.7.